The predicted octanol–water partition coefficient (Wildman–Crippen LogP) is 3.65. The van der Waals surface area contributed by atoms with Gasteiger partial charge in [-0.15, -0.1) is 0 Å². The van der Waals surface area contributed by atoms with E-state index in [0.717, 1.165) is 0 Å². The van der Waals surface area contributed by atoms with E-state index in [2.05, 4.69) is 0 Å². The van der Waals surface area contributed by atoms with E-state index in [1.807, 2.05) is 19.1 Å². The maximum absolute atomic E-state index is 13.8. The van der Waals surface area contributed by atoms with Crippen molar-refractivity contribution >= 4 is 0 Å². The van der Waals surface area contributed by atoms with Crippen molar-refractivity contribution in [2.45, 2.75) is 20.0 Å². The molecule has 4 heteroatoms. The third-order valence-electron chi connectivity index (χ3n) is 3.13. The lowest BCUT2D eigenvalue weighted by Crippen LogP contribution is -2.12. The Balaban J connectivity index is 2.08. The fourth-order valence-corrected chi connectivity index (χ4v) is 2.03. The van der Waals surface area contributed by atoms with Crippen LogP contribution in [-0.4, -0.2) is 18.3 Å². The number of para-hydroxylation sites is 1. The van der Waals surface area contributed by atoms with Crippen molar-refractivity contribution in [1.82, 2.24) is 0 Å². The van der Waals surface area contributed by atoms with E-state index in [0.29, 0.717) is 23.5 Å². The molecule has 112 valence electrons. The number of aryl methyl sites for hydroxylation is 1. The Hall–Kier alpha value is -2.07. The molecule has 0 aliphatic carbocycles. The molecule has 1 N–H and O–H groups in total. The smallest absolute Gasteiger partial charge is 0.167 e. The number of hydrogen-bond acceptors (Lipinski definition) is 3. The van der Waals surface area contributed by atoms with Crippen LogP contribution in [0.25, 0.3) is 0 Å². The van der Waals surface area contributed by atoms with Gasteiger partial charge in [0.15, 0.2) is 11.6 Å². The van der Waals surface area contributed by atoms with Gasteiger partial charge in [-0.05, 0) is 31.5 Å². The molecule has 0 aromatic heterocycles. The molecule has 2 rings (SSSR count). The Bertz CT molecular complexity index is 598. The van der Waals surface area contributed by atoms with Crippen LogP contribution in [0.2, 0.25) is 0 Å². The summed E-state index contributed by atoms with van der Waals surface area (Å²) >= 11 is 0. The highest BCUT2D eigenvalue weighted by atomic mass is 19.1. The Morgan fingerprint density at radius 3 is 2.52 bits per heavy atom. The molecule has 0 aliphatic heterocycles. The van der Waals surface area contributed by atoms with Gasteiger partial charge in [-0.25, -0.2) is 4.39 Å². The molecule has 0 fully saturated rings. The van der Waals surface area contributed by atoms with Gasteiger partial charge in [0.2, 0.25) is 0 Å². The third kappa shape index (κ3) is 3.73. The minimum atomic E-state index is -0.882. The monoisotopic (exact) mass is 290 g/mol. The maximum Gasteiger partial charge on any atom is 0.167 e. The molecule has 0 saturated carbocycles. The van der Waals surface area contributed by atoms with Crippen LogP contribution in [0.4, 0.5) is 4.39 Å². The molecule has 0 amide bonds. The number of aliphatic hydroxyl groups is 1. The van der Waals surface area contributed by atoms with Crippen molar-refractivity contribution in [3.8, 4) is 11.5 Å². The number of benzene rings is 2. The second kappa shape index (κ2) is 7.09. The van der Waals surface area contributed by atoms with Gasteiger partial charge in [0, 0.05) is 5.56 Å². The number of hydrogen-bond donors (Lipinski definition) is 1. The van der Waals surface area contributed by atoms with Crippen molar-refractivity contribution in [2.24, 2.45) is 0 Å². The average Bonchev–Trinajstić information content (AvgIpc) is 2.49. The van der Waals surface area contributed by atoms with Crippen LogP contribution < -0.4 is 9.47 Å². The van der Waals surface area contributed by atoms with Crippen LogP contribution >= 0.6 is 0 Å². The van der Waals surface area contributed by atoms with Crippen molar-refractivity contribution in [3.05, 3.63) is 59.4 Å². The van der Waals surface area contributed by atoms with E-state index in [4.69, 9.17) is 9.47 Å². The summed E-state index contributed by atoms with van der Waals surface area (Å²) in [4.78, 5) is 0. The summed E-state index contributed by atoms with van der Waals surface area (Å²) in [5.74, 6) is 0.353. The molecule has 0 heterocycles. The fraction of sp³-hybridized carbons (Fsp3) is 0.294. The van der Waals surface area contributed by atoms with E-state index in [-0.39, 0.29) is 12.4 Å². The number of aliphatic hydroxyl groups excluding tert-OH is 1. The lowest BCUT2D eigenvalue weighted by atomic mass is 10.1. The third-order valence-corrected chi connectivity index (χ3v) is 3.13. The molecule has 2 aromatic rings. The molecule has 1 unspecified atom stereocenters. The minimum absolute atomic E-state index is 0.0372. The van der Waals surface area contributed by atoms with Gasteiger partial charge >= 0.3 is 0 Å². The molecular weight excluding hydrogens is 271 g/mol. The Morgan fingerprint density at radius 1 is 1.05 bits per heavy atom. The van der Waals surface area contributed by atoms with Crippen LogP contribution in [-0.2, 0) is 0 Å². The molecule has 0 radical (unpaired) electrons. The molecule has 1 atom stereocenters. The van der Waals surface area contributed by atoms with Crippen molar-refractivity contribution in [2.75, 3.05) is 13.2 Å². The highest BCUT2D eigenvalue weighted by molar-refractivity contribution is 5.35. The molecule has 3 nitrogen and oxygen atoms in total. The van der Waals surface area contributed by atoms with Gasteiger partial charge in [-0.1, -0.05) is 30.3 Å². The zero-order valence-corrected chi connectivity index (χ0v) is 12.2. The first-order chi connectivity index (χ1) is 10.1. The van der Waals surface area contributed by atoms with E-state index < -0.39 is 11.9 Å². The molecule has 0 spiro atoms. The number of halogens is 1. The Labute approximate surface area is 124 Å². The normalized spacial score (nSPS) is 12.0. The molecule has 21 heavy (non-hydrogen) atoms. The predicted molar refractivity (Wildman–Crippen MR) is 79.2 cm³/mol. The topological polar surface area (TPSA) is 38.7 Å². The van der Waals surface area contributed by atoms with Gasteiger partial charge in [0.05, 0.1) is 6.61 Å². The molecule has 0 bridgehead atoms. The van der Waals surface area contributed by atoms with E-state index in [1.165, 1.54) is 0 Å². The zero-order chi connectivity index (χ0) is 15.2. The van der Waals surface area contributed by atoms with Gasteiger partial charge in [-0.2, -0.15) is 0 Å². The van der Waals surface area contributed by atoms with E-state index >= 15 is 0 Å². The van der Waals surface area contributed by atoms with Gasteiger partial charge < -0.3 is 14.6 Å². The lowest BCUT2D eigenvalue weighted by molar-refractivity contribution is 0.102. The van der Waals surface area contributed by atoms with Crippen molar-refractivity contribution < 1.29 is 19.0 Å². The SMILES string of the molecule is CCOc1ccccc1C(O)COc1cccc(C)c1F. The summed E-state index contributed by atoms with van der Waals surface area (Å²) < 4.78 is 24.7. The minimum Gasteiger partial charge on any atom is -0.493 e. The summed E-state index contributed by atoms with van der Waals surface area (Å²) in [6.07, 6.45) is -0.882. The first kappa shape index (κ1) is 15.3. The first-order valence-electron chi connectivity index (χ1n) is 6.91. The van der Waals surface area contributed by atoms with Crippen molar-refractivity contribution in [3.63, 3.8) is 0 Å². The van der Waals surface area contributed by atoms with Crippen LogP contribution in [0.3, 0.4) is 0 Å². The summed E-state index contributed by atoms with van der Waals surface area (Å²) in [5, 5.41) is 10.2. The molecule has 0 saturated heterocycles. The van der Waals surface area contributed by atoms with Crippen LogP contribution in [0.15, 0.2) is 42.5 Å². The first-order valence-corrected chi connectivity index (χ1v) is 6.91. The molecule has 0 aliphatic rings. The summed E-state index contributed by atoms with van der Waals surface area (Å²) in [6.45, 7) is 4.02. The van der Waals surface area contributed by atoms with E-state index in [9.17, 15) is 9.50 Å². The number of ether oxygens (including phenoxy) is 2. The summed E-state index contributed by atoms with van der Waals surface area (Å²) in [7, 11) is 0. The van der Waals surface area contributed by atoms with Crippen LogP contribution in [0, 0.1) is 12.7 Å². The summed E-state index contributed by atoms with van der Waals surface area (Å²) in [5.41, 5.74) is 1.14. The highest BCUT2D eigenvalue weighted by Gasteiger charge is 2.15. The second-order valence-electron chi connectivity index (χ2n) is 4.68. The van der Waals surface area contributed by atoms with Gasteiger partial charge in [0.1, 0.15) is 18.5 Å². The molecule has 2 aromatic carbocycles. The zero-order valence-electron chi connectivity index (χ0n) is 12.2. The Morgan fingerprint density at radius 2 is 1.76 bits per heavy atom. The van der Waals surface area contributed by atoms with Crippen LogP contribution in [0.5, 0.6) is 11.5 Å². The van der Waals surface area contributed by atoms with Gasteiger partial charge in [-0.3, -0.25) is 0 Å². The standard InChI is InChI=1S/C17H19FO3/c1-3-20-15-9-5-4-8-13(15)14(19)11-21-16-10-6-7-12(2)17(16)18/h4-10,14,19H,3,11H2,1-2H3. The second-order valence-corrected chi connectivity index (χ2v) is 4.68. The quantitative estimate of drug-likeness (QED) is 0.882. The van der Waals surface area contributed by atoms with Crippen LogP contribution in [0.1, 0.15) is 24.2 Å². The molecular formula is C17H19FO3. The average molecular weight is 290 g/mol. The number of rotatable bonds is 6. The van der Waals surface area contributed by atoms with Gasteiger partial charge in [0.25, 0.3) is 0 Å². The van der Waals surface area contributed by atoms with Crippen molar-refractivity contribution in [1.29, 1.82) is 0 Å². The Kier molecular flexibility index (Phi) is 5.17. The highest BCUT2D eigenvalue weighted by Crippen LogP contribution is 2.27. The van der Waals surface area contributed by atoms with E-state index in [1.54, 1.807) is 37.3 Å². The summed E-state index contributed by atoms with van der Waals surface area (Å²) in [6, 6.07) is 12.1. The fourth-order valence-electron chi connectivity index (χ4n) is 2.03. The largest absolute Gasteiger partial charge is 0.493 e. The lowest BCUT2D eigenvalue weighted by Gasteiger charge is -2.16. The maximum atomic E-state index is 13.8.